The third-order valence-electron chi connectivity index (χ3n) is 8.78. The zero-order valence-electron chi connectivity index (χ0n) is 22.6. The summed E-state index contributed by atoms with van der Waals surface area (Å²) in [6.07, 6.45) is 5.22. The highest BCUT2D eigenvalue weighted by atomic mass is 16.5. The van der Waals surface area contributed by atoms with Crippen molar-refractivity contribution in [2.75, 3.05) is 13.2 Å². The van der Waals surface area contributed by atoms with Crippen LogP contribution in [0.25, 0.3) is 22.4 Å². The minimum Gasteiger partial charge on any atom is -0.507 e. The van der Waals surface area contributed by atoms with E-state index in [-0.39, 0.29) is 41.4 Å². The fraction of sp³-hybridized carbons (Fsp3) is 0.353. The van der Waals surface area contributed by atoms with Crippen LogP contribution in [0.1, 0.15) is 50.7 Å². The van der Waals surface area contributed by atoms with E-state index in [9.17, 15) is 14.7 Å². The van der Waals surface area contributed by atoms with Crippen molar-refractivity contribution in [1.29, 1.82) is 0 Å². The third kappa shape index (κ3) is 4.49. The van der Waals surface area contributed by atoms with E-state index >= 15 is 0 Å². The van der Waals surface area contributed by atoms with E-state index in [0.29, 0.717) is 19.6 Å². The van der Waals surface area contributed by atoms with Crippen molar-refractivity contribution in [2.24, 2.45) is 17.8 Å². The lowest BCUT2D eigenvalue weighted by atomic mass is 9.70. The van der Waals surface area contributed by atoms with Crippen molar-refractivity contribution in [3.05, 3.63) is 89.0 Å². The number of allylic oxidation sites excluding steroid dienone is 2. The maximum absolute atomic E-state index is 13.3. The molecule has 2 heterocycles. The first-order chi connectivity index (χ1) is 19.0. The van der Waals surface area contributed by atoms with Crippen LogP contribution in [0, 0.1) is 17.8 Å². The number of hydrogen-bond acceptors (Lipinski definition) is 4. The Bertz CT molecular complexity index is 1490. The van der Waals surface area contributed by atoms with Gasteiger partial charge in [-0.3, -0.25) is 14.5 Å². The first-order valence-electron chi connectivity index (χ1n) is 14.1. The van der Waals surface area contributed by atoms with Gasteiger partial charge in [-0.2, -0.15) is 0 Å². The average molecular weight is 522 g/mol. The minimum atomic E-state index is -0.278. The second-order valence-corrected chi connectivity index (χ2v) is 11.1. The summed E-state index contributed by atoms with van der Waals surface area (Å²) in [6, 6.07) is 22.1. The van der Waals surface area contributed by atoms with E-state index in [0.717, 1.165) is 41.2 Å². The van der Waals surface area contributed by atoms with Gasteiger partial charge in [-0.25, -0.2) is 0 Å². The summed E-state index contributed by atoms with van der Waals surface area (Å²) in [4.78, 5) is 27.8. The Hall–Kier alpha value is -3.70. The summed E-state index contributed by atoms with van der Waals surface area (Å²) in [5.41, 5.74) is 5.89. The first kappa shape index (κ1) is 25.6. The number of carbonyl (C=O) groups excluding carboxylic acids is 2. The predicted octanol–water partition coefficient (Wildman–Crippen LogP) is 6.61. The largest absolute Gasteiger partial charge is 0.507 e. The number of phenols is 1. The number of benzene rings is 3. The van der Waals surface area contributed by atoms with E-state index in [2.05, 4.69) is 37.3 Å². The fourth-order valence-electron chi connectivity index (χ4n) is 7.00. The number of rotatable bonds is 7. The van der Waals surface area contributed by atoms with Gasteiger partial charge >= 0.3 is 0 Å². The second-order valence-electron chi connectivity index (χ2n) is 11.1. The molecule has 0 spiro atoms. The van der Waals surface area contributed by atoms with Crippen molar-refractivity contribution < 1.29 is 19.4 Å². The van der Waals surface area contributed by atoms with E-state index < -0.39 is 0 Å². The third-order valence-corrected chi connectivity index (χ3v) is 8.78. The Morgan fingerprint density at radius 1 is 0.974 bits per heavy atom. The summed E-state index contributed by atoms with van der Waals surface area (Å²) in [6.45, 7) is 5.14. The maximum Gasteiger partial charge on any atom is 0.233 e. The van der Waals surface area contributed by atoms with Gasteiger partial charge < -0.3 is 9.84 Å². The summed E-state index contributed by atoms with van der Waals surface area (Å²) >= 11 is 0. The summed E-state index contributed by atoms with van der Waals surface area (Å²) in [5, 5.41) is 12.2. The highest BCUT2D eigenvalue weighted by Crippen LogP contribution is 2.50. The van der Waals surface area contributed by atoms with Gasteiger partial charge in [-0.05, 0) is 66.3 Å². The van der Waals surface area contributed by atoms with Crippen LogP contribution in [0.3, 0.4) is 0 Å². The Labute approximate surface area is 229 Å². The number of imide groups is 1. The molecule has 39 heavy (non-hydrogen) atoms. The monoisotopic (exact) mass is 521 g/mol. The zero-order valence-corrected chi connectivity index (χ0v) is 22.6. The van der Waals surface area contributed by atoms with Crippen molar-refractivity contribution in [2.45, 2.75) is 45.6 Å². The molecule has 2 aliphatic heterocycles. The number of aromatic hydroxyl groups is 1. The van der Waals surface area contributed by atoms with Crippen molar-refractivity contribution in [3.8, 4) is 5.75 Å². The molecule has 0 radical (unpaired) electrons. The Morgan fingerprint density at radius 3 is 2.49 bits per heavy atom. The molecule has 2 amide bonds. The molecule has 1 aliphatic carbocycles. The quantitative estimate of drug-likeness (QED) is 0.216. The molecular weight excluding hydrogens is 486 g/mol. The van der Waals surface area contributed by atoms with Gasteiger partial charge in [0, 0.05) is 17.8 Å². The van der Waals surface area contributed by atoms with E-state index in [1.165, 1.54) is 21.6 Å². The van der Waals surface area contributed by atoms with Gasteiger partial charge in [0.15, 0.2) is 0 Å². The maximum atomic E-state index is 13.3. The number of nitrogens with zero attached hydrogens (tertiary/aromatic N) is 1. The van der Waals surface area contributed by atoms with Crippen LogP contribution in [0.15, 0.2) is 77.9 Å². The molecule has 4 atom stereocenters. The molecule has 3 aromatic carbocycles. The molecule has 0 saturated carbocycles. The molecule has 3 aromatic rings. The van der Waals surface area contributed by atoms with Crippen molar-refractivity contribution in [1.82, 2.24) is 4.90 Å². The Kier molecular flexibility index (Phi) is 6.86. The van der Waals surface area contributed by atoms with Crippen LogP contribution >= 0.6 is 0 Å². The first-order valence-corrected chi connectivity index (χ1v) is 14.1. The van der Waals surface area contributed by atoms with E-state index in [4.69, 9.17) is 4.74 Å². The average Bonchev–Trinajstić information content (AvgIpc) is 3.48. The van der Waals surface area contributed by atoms with Crippen molar-refractivity contribution in [3.63, 3.8) is 0 Å². The second kappa shape index (κ2) is 10.5. The number of ether oxygens (including phenoxy) is 1. The van der Waals surface area contributed by atoms with Gasteiger partial charge in [-0.15, -0.1) is 0 Å². The molecule has 5 nitrogen and oxygen atoms in total. The van der Waals surface area contributed by atoms with Crippen LogP contribution in [0.2, 0.25) is 0 Å². The minimum absolute atomic E-state index is 0.00254. The van der Waals surface area contributed by atoms with Crippen LogP contribution in [0.5, 0.6) is 5.75 Å². The molecule has 3 aliphatic rings. The number of amides is 2. The highest BCUT2D eigenvalue weighted by Gasteiger charge is 2.56. The van der Waals surface area contributed by atoms with Crippen LogP contribution < -0.4 is 0 Å². The molecule has 2 saturated heterocycles. The lowest BCUT2D eigenvalue weighted by Crippen LogP contribution is -2.34. The van der Waals surface area contributed by atoms with Crippen LogP contribution in [0.4, 0.5) is 0 Å². The Morgan fingerprint density at radius 2 is 1.72 bits per heavy atom. The van der Waals surface area contributed by atoms with Gasteiger partial charge in [0.05, 0.1) is 24.5 Å². The number of fused-ring (bicyclic) bond motifs is 4. The normalized spacial score (nSPS) is 25.0. The van der Waals surface area contributed by atoms with Gasteiger partial charge in [0.25, 0.3) is 0 Å². The van der Waals surface area contributed by atoms with Gasteiger partial charge in [0.1, 0.15) is 5.75 Å². The number of likely N-dealkylation sites (tertiary alicyclic amines) is 1. The molecule has 0 unspecified atom stereocenters. The highest BCUT2D eigenvalue weighted by molar-refractivity contribution is 6.06. The topological polar surface area (TPSA) is 66.8 Å². The van der Waals surface area contributed by atoms with E-state index in [1.807, 2.05) is 43.3 Å². The Balaban J connectivity index is 1.29. The zero-order chi connectivity index (χ0) is 27.1. The molecular formula is C34H35NO4. The molecule has 0 aromatic heterocycles. The molecule has 200 valence electrons. The molecule has 1 N–H and O–H groups in total. The van der Waals surface area contributed by atoms with Gasteiger partial charge in [0.2, 0.25) is 11.8 Å². The number of hydrogen-bond donors (Lipinski definition) is 1. The van der Waals surface area contributed by atoms with E-state index in [1.54, 1.807) is 6.07 Å². The molecule has 5 heteroatoms. The molecule has 0 bridgehead atoms. The summed E-state index contributed by atoms with van der Waals surface area (Å²) in [5.74, 6) is -0.232. The number of carbonyl (C=O) groups is 2. The number of phenolic OH excluding ortho intramolecular Hbond substituents is 1. The van der Waals surface area contributed by atoms with Crippen molar-refractivity contribution >= 4 is 34.2 Å². The smallest absolute Gasteiger partial charge is 0.233 e. The fourth-order valence-corrected chi connectivity index (χ4v) is 7.00. The lowest BCUT2D eigenvalue weighted by molar-refractivity contribution is -0.140. The summed E-state index contributed by atoms with van der Waals surface area (Å²) in [7, 11) is 0. The van der Waals surface area contributed by atoms with Gasteiger partial charge in [-0.1, -0.05) is 79.2 Å². The standard InChI is InChI=1S/C34H35NO4/c1-3-17-35-33(37)27-18-21(2)31-28(32(27)34(35)38)20-39-30(31)16-14-23(22-9-5-4-6-10-22)19-24-13-15-29(36)26-12-8-7-11-25(24)26/h4-13,15,19,27-28,30,32,36H,3,14,16-18,20H2,1-2H3/b23-19-/t27-,28+,30-,32-/m1/s1. The van der Waals surface area contributed by atoms with Crippen LogP contribution in [-0.2, 0) is 14.3 Å². The van der Waals surface area contributed by atoms with Crippen LogP contribution in [-0.4, -0.2) is 41.1 Å². The lowest BCUT2D eigenvalue weighted by Gasteiger charge is -2.30. The molecule has 2 fully saturated rings. The SMILES string of the molecule is CCCN1C(=O)[C@@H]2[C@@H](CC(C)=C3[C@@H](CC/C(=C/c4ccc(O)c5ccccc45)c4ccccc4)OC[C@@H]32)C1=O. The molecule has 6 rings (SSSR count). The predicted molar refractivity (Wildman–Crippen MR) is 154 cm³/mol. The summed E-state index contributed by atoms with van der Waals surface area (Å²) < 4.78 is 6.38.